The van der Waals surface area contributed by atoms with E-state index in [1.165, 1.54) is 0 Å². The SMILES string of the molecule is C=C(/N=C\C)NNC. The normalized spacial score (nSPS) is 9.75. The maximum atomic E-state index is 3.82. The maximum absolute atomic E-state index is 3.82. The van der Waals surface area contributed by atoms with Gasteiger partial charge in [0.2, 0.25) is 0 Å². The Bertz CT molecular complexity index is 95.8. The van der Waals surface area contributed by atoms with Crippen molar-refractivity contribution in [3.8, 4) is 0 Å². The molecule has 0 saturated heterocycles. The minimum absolute atomic E-state index is 0.620. The lowest BCUT2D eigenvalue weighted by Gasteiger charge is -1.98. The van der Waals surface area contributed by atoms with Crippen LogP contribution in [0.15, 0.2) is 17.4 Å². The fourth-order valence-corrected chi connectivity index (χ4v) is 0.332. The zero-order valence-corrected chi connectivity index (χ0v) is 5.23. The van der Waals surface area contributed by atoms with Gasteiger partial charge in [-0.15, -0.1) is 0 Å². The van der Waals surface area contributed by atoms with Crippen LogP contribution in [0, 0.1) is 0 Å². The first-order valence-corrected chi connectivity index (χ1v) is 2.41. The van der Waals surface area contributed by atoms with Gasteiger partial charge in [0.15, 0.2) is 0 Å². The van der Waals surface area contributed by atoms with E-state index in [-0.39, 0.29) is 0 Å². The average Bonchev–Trinajstić information content (AvgIpc) is 1.68. The summed E-state index contributed by atoms with van der Waals surface area (Å²) in [5, 5.41) is 0. The monoisotopic (exact) mass is 113 g/mol. The Balaban J connectivity index is 3.33. The van der Waals surface area contributed by atoms with Crippen molar-refractivity contribution >= 4 is 6.21 Å². The van der Waals surface area contributed by atoms with Gasteiger partial charge in [0.05, 0.1) is 0 Å². The predicted molar refractivity (Wildman–Crippen MR) is 35.5 cm³/mol. The Morgan fingerprint density at radius 1 is 1.75 bits per heavy atom. The van der Waals surface area contributed by atoms with Crippen LogP contribution in [-0.2, 0) is 0 Å². The summed E-state index contributed by atoms with van der Waals surface area (Å²) in [5.41, 5.74) is 5.39. The molecule has 3 heteroatoms. The molecular formula is C5H11N3. The fourth-order valence-electron chi connectivity index (χ4n) is 0.332. The van der Waals surface area contributed by atoms with E-state index in [1.54, 1.807) is 13.3 Å². The minimum Gasteiger partial charge on any atom is -0.307 e. The molecular weight excluding hydrogens is 102 g/mol. The molecule has 0 amide bonds. The lowest BCUT2D eigenvalue weighted by molar-refractivity contribution is 0.686. The van der Waals surface area contributed by atoms with Crippen LogP contribution in [0.3, 0.4) is 0 Å². The minimum atomic E-state index is 0.620. The third kappa shape index (κ3) is 3.36. The Labute approximate surface area is 49.5 Å². The molecule has 0 unspecified atom stereocenters. The van der Waals surface area contributed by atoms with E-state index in [9.17, 15) is 0 Å². The van der Waals surface area contributed by atoms with Crippen molar-refractivity contribution in [2.75, 3.05) is 7.05 Å². The van der Waals surface area contributed by atoms with Gasteiger partial charge in [-0.3, -0.25) is 0 Å². The summed E-state index contributed by atoms with van der Waals surface area (Å²) in [6, 6.07) is 0. The average molecular weight is 113 g/mol. The van der Waals surface area contributed by atoms with Crippen LogP contribution in [-0.4, -0.2) is 13.3 Å². The van der Waals surface area contributed by atoms with Crippen LogP contribution in [0.2, 0.25) is 0 Å². The predicted octanol–water partition coefficient (Wildman–Crippen LogP) is 0.272. The number of hydrazine groups is 1. The smallest absolute Gasteiger partial charge is 0.132 e. The van der Waals surface area contributed by atoms with Crippen molar-refractivity contribution in [3.63, 3.8) is 0 Å². The van der Waals surface area contributed by atoms with E-state index in [2.05, 4.69) is 22.4 Å². The first kappa shape index (κ1) is 7.17. The number of hydrogen-bond acceptors (Lipinski definition) is 3. The Kier molecular flexibility index (Phi) is 3.88. The molecule has 0 heterocycles. The summed E-state index contributed by atoms with van der Waals surface area (Å²) in [7, 11) is 1.76. The molecule has 0 bridgehead atoms. The van der Waals surface area contributed by atoms with E-state index in [0.29, 0.717) is 5.82 Å². The van der Waals surface area contributed by atoms with Crippen LogP contribution in [0.5, 0.6) is 0 Å². The van der Waals surface area contributed by atoms with Crippen molar-refractivity contribution in [1.82, 2.24) is 10.9 Å². The Hall–Kier alpha value is -0.830. The molecule has 2 N–H and O–H groups in total. The van der Waals surface area contributed by atoms with Gasteiger partial charge >= 0.3 is 0 Å². The van der Waals surface area contributed by atoms with Crippen LogP contribution in [0.4, 0.5) is 0 Å². The first-order chi connectivity index (χ1) is 3.81. The highest BCUT2D eigenvalue weighted by Crippen LogP contribution is 1.78. The molecule has 0 atom stereocenters. The van der Waals surface area contributed by atoms with Gasteiger partial charge in [0.25, 0.3) is 0 Å². The molecule has 3 nitrogen and oxygen atoms in total. The Morgan fingerprint density at radius 2 is 2.38 bits per heavy atom. The molecule has 0 aliphatic heterocycles. The molecule has 0 rings (SSSR count). The van der Waals surface area contributed by atoms with E-state index < -0.39 is 0 Å². The van der Waals surface area contributed by atoms with Crippen molar-refractivity contribution in [3.05, 3.63) is 12.4 Å². The highest BCUT2D eigenvalue weighted by Gasteiger charge is 1.77. The lowest BCUT2D eigenvalue weighted by Crippen LogP contribution is -2.25. The lowest BCUT2D eigenvalue weighted by atomic mass is 10.8. The van der Waals surface area contributed by atoms with Crippen LogP contribution in [0.25, 0.3) is 0 Å². The summed E-state index contributed by atoms with van der Waals surface area (Å²) in [6.45, 7) is 5.40. The molecule has 0 radical (unpaired) electrons. The molecule has 0 fully saturated rings. The molecule has 46 valence electrons. The largest absolute Gasteiger partial charge is 0.307 e. The van der Waals surface area contributed by atoms with Gasteiger partial charge in [-0.05, 0) is 6.92 Å². The van der Waals surface area contributed by atoms with Crippen molar-refractivity contribution < 1.29 is 0 Å². The summed E-state index contributed by atoms with van der Waals surface area (Å²) in [5.74, 6) is 0.620. The van der Waals surface area contributed by atoms with E-state index in [1.807, 2.05) is 6.92 Å². The van der Waals surface area contributed by atoms with Gasteiger partial charge in [-0.25, -0.2) is 10.4 Å². The van der Waals surface area contributed by atoms with E-state index in [0.717, 1.165) is 0 Å². The van der Waals surface area contributed by atoms with Gasteiger partial charge in [0, 0.05) is 13.3 Å². The van der Waals surface area contributed by atoms with E-state index >= 15 is 0 Å². The number of nitrogens with one attached hydrogen (secondary N) is 2. The van der Waals surface area contributed by atoms with Crippen LogP contribution in [0.1, 0.15) is 6.92 Å². The summed E-state index contributed by atoms with van der Waals surface area (Å²) in [4.78, 5) is 3.82. The zero-order chi connectivity index (χ0) is 6.41. The third-order valence-electron chi connectivity index (χ3n) is 0.554. The number of nitrogens with zero attached hydrogens (tertiary/aromatic N) is 1. The molecule has 0 aliphatic rings. The molecule has 0 saturated carbocycles. The third-order valence-corrected chi connectivity index (χ3v) is 0.554. The topological polar surface area (TPSA) is 36.4 Å². The summed E-state index contributed by atoms with van der Waals surface area (Å²) >= 11 is 0. The molecule has 0 spiro atoms. The van der Waals surface area contributed by atoms with Crippen molar-refractivity contribution in [2.45, 2.75) is 6.92 Å². The Morgan fingerprint density at radius 3 is 2.75 bits per heavy atom. The van der Waals surface area contributed by atoms with Crippen molar-refractivity contribution in [1.29, 1.82) is 0 Å². The second-order valence-electron chi connectivity index (χ2n) is 1.21. The standard InChI is InChI=1S/C5H11N3/c1-4-7-5(2)8-6-3/h4,6,8H,2H2,1,3H3/b7-4-. The highest BCUT2D eigenvalue weighted by molar-refractivity contribution is 5.54. The van der Waals surface area contributed by atoms with E-state index in [4.69, 9.17) is 0 Å². The van der Waals surface area contributed by atoms with Gasteiger partial charge in [-0.1, -0.05) is 6.58 Å². The molecule has 0 aromatic rings. The molecule has 0 aromatic heterocycles. The molecule has 0 aromatic carbocycles. The first-order valence-electron chi connectivity index (χ1n) is 2.41. The quantitative estimate of drug-likeness (QED) is 0.407. The number of aliphatic imine (C=N–C) groups is 1. The number of rotatable bonds is 3. The fraction of sp³-hybridized carbons (Fsp3) is 0.400. The molecule has 8 heavy (non-hydrogen) atoms. The van der Waals surface area contributed by atoms with Gasteiger partial charge in [0.1, 0.15) is 5.82 Å². The molecule has 0 aliphatic carbocycles. The van der Waals surface area contributed by atoms with Crippen LogP contribution < -0.4 is 10.9 Å². The van der Waals surface area contributed by atoms with Gasteiger partial charge in [-0.2, -0.15) is 0 Å². The summed E-state index contributed by atoms with van der Waals surface area (Å²) < 4.78 is 0. The second kappa shape index (κ2) is 4.33. The maximum Gasteiger partial charge on any atom is 0.132 e. The second-order valence-corrected chi connectivity index (χ2v) is 1.21. The number of hydrogen-bond donors (Lipinski definition) is 2. The summed E-state index contributed by atoms with van der Waals surface area (Å²) in [6.07, 6.45) is 1.67. The zero-order valence-electron chi connectivity index (χ0n) is 5.23. The highest BCUT2D eigenvalue weighted by atomic mass is 15.4. The van der Waals surface area contributed by atoms with Gasteiger partial charge < -0.3 is 5.43 Å². The van der Waals surface area contributed by atoms with Crippen LogP contribution >= 0.6 is 0 Å². The van der Waals surface area contributed by atoms with Crippen molar-refractivity contribution in [2.24, 2.45) is 4.99 Å².